The van der Waals surface area contributed by atoms with Crippen LogP contribution in [0, 0.1) is 11.8 Å². The highest BCUT2D eigenvalue weighted by Gasteiger charge is 2.40. The van der Waals surface area contributed by atoms with Crippen LogP contribution in [0.3, 0.4) is 0 Å². The maximum atomic E-state index is 11.4. The van der Waals surface area contributed by atoms with Crippen LogP contribution in [0.1, 0.15) is 36.0 Å². The Labute approximate surface area is 134 Å². The van der Waals surface area contributed by atoms with Crippen LogP contribution in [-0.2, 0) is 9.47 Å². The molecule has 4 atom stereocenters. The minimum atomic E-state index is -0.0151. The number of piperidine rings is 1. The van der Waals surface area contributed by atoms with Crippen molar-refractivity contribution in [3.63, 3.8) is 0 Å². The second-order valence-electron chi connectivity index (χ2n) is 6.22. The van der Waals surface area contributed by atoms with Crippen molar-refractivity contribution in [2.75, 3.05) is 32.2 Å². The minimum Gasteiger partial charge on any atom is -0.379 e. The van der Waals surface area contributed by atoms with Gasteiger partial charge in [-0.25, -0.2) is 0 Å². The number of carbonyl (C=O) groups is 1. The number of carbonyl (C=O) groups excluding carboxylic acids is 1. The average Bonchev–Trinajstić information content (AvgIpc) is 3.03. The zero-order chi connectivity index (χ0) is 15.7. The summed E-state index contributed by atoms with van der Waals surface area (Å²) in [4.78, 5) is 13.6. The molecule has 0 bridgehead atoms. The largest absolute Gasteiger partial charge is 0.379 e. The lowest BCUT2D eigenvalue weighted by atomic mass is 9.72. The number of Topliss-reactive ketones (excluding diaryl/α,β-unsaturated/α-hetero) is 1. The topological polar surface area (TPSA) is 64.5 Å². The Balaban J connectivity index is 1.68. The van der Waals surface area contributed by atoms with Gasteiger partial charge in [0.1, 0.15) is 0 Å². The monoisotopic (exact) mass is 325 g/mol. The van der Waals surface area contributed by atoms with Crippen molar-refractivity contribution in [2.45, 2.75) is 38.4 Å². The smallest absolute Gasteiger partial charge is 0.208 e. The number of aromatic nitrogens is 2. The van der Waals surface area contributed by atoms with Crippen molar-refractivity contribution in [3.8, 4) is 0 Å². The molecule has 0 aromatic carbocycles. The predicted octanol–water partition coefficient (Wildman–Crippen LogP) is 2.01. The molecule has 122 valence electrons. The Hall–Kier alpha value is -1.05. The number of nitrogens with zero attached hydrogens (tertiary/aromatic N) is 3. The van der Waals surface area contributed by atoms with Crippen LogP contribution in [0.25, 0.3) is 0 Å². The van der Waals surface area contributed by atoms with E-state index in [1.807, 2.05) is 0 Å². The predicted molar refractivity (Wildman–Crippen MR) is 84.6 cm³/mol. The van der Waals surface area contributed by atoms with Crippen LogP contribution in [0.2, 0.25) is 0 Å². The lowest BCUT2D eigenvalue weighted by Crippen LogP contribution is -2.49. The van der Waals surface area contributed by atoms with Gasteiger partial charge in [0.25, 0.3) is 0 Å². The van der Waals surface area contributed by atoms with Crippen LogP contribution in [0.5, 0.6) is 0 Å². The number of ether oxygens (including phenoxy) is 2. The van der Waals surface area contributed by atoms with Crippen molar-refractivity contribution in [3.05, 3.63) is 5.01 Å². The van der Waals surface area contributed by atoms with Crippen LogP contribution in [0.4, 0.5) is 5.13 Å². The van der Waals surface area contributed by atoms with E-state index in [4.69, 9.17) is 9.47 Å². The molecule has 1 aliphatic heterocycles. The number of ketones is 1. The molecule has 6 nitrogen and oxygen atoms in total. The van der Waals surface area contributed by atoms with Crippen molar-refractivity contribution >= 4 is 22.3 Å². The summed E-state index contributed by atoms with van der Waals surface area (Å²) in [6.45, 7) is 3.47. The second-order valence-corrected chi connectivity index (χ2v) is 7.18. The third-order valence-corrected chi connectivity index (χ3v) is 6.05. The standard InChI is InChI=1S/C15H23N3O3S/c1-9(19)14-16-17-15(22-14)18-5-4-10-6-12(20-2)13(21-3)7-11(10)8-18/h10-13H,4-8H2,1-3H3. The van der Waals surface area contributed by atoms with Gasteiger partial charge in [0.15, 0.2) is 10.8 Å². The number of methoxy groups -OCH3 is 2. The van der Waals surface area contributed by atoms with Crippen LogP contribution in [0.15, 0.2) is 0 Å². The van der Waals surface area contributed by atoms with Gasteiger partial charge in [-0.2, -0.15) is 0 Å². The Morgan fingerprint density at radius 2 is 1.86 bits per heavy atom. The Kier molecular flexibility index (Phi) is 4.75. The third kappa shape index (κ3) is 3.02. The Morgan fingerprint density at radius 1 is 1.18 bits per heavy atom. The van der Waals surface area contributed by atoms with Gasteiger partial charge in [0.2, 0.25) is 5.13 Å². The quantitative estimate of drug-likeness (QED) is 0.789. The highest BCUT2D eigenvalue weighted by atomic mass is 32.1. The molecule has 0 radical (unpaired) electrons. The summed E-state index contributed by atoms with van der Waals surface area (Å²) >= 11 is 1.40. The molecule has 1 aliphatic carbocycles. The lowest BCUT2D eigenvalue weighted by molar-refractivity contribution is -0.0894. The summed E-state index contributed by atoms with van der Waals surface area (Å²) in [5, 5.41) is 9.53. The van der Waals surface area contributed by atoms with Gasteiger partial charge in [0.05, 0.1) is 12.2 Å². The minimum absolute atomic E-state index is 0.0151. The first-order valence-electron chi connectivity index (χ1n) is 7.77. The molecule has 1 saturated heterocycles. The zero-order valence-electron chi connectivity index (χ0n) is 13.3. The molecule has 22 heavy (non-hydrogen) atoms. The molecule has 0 spiro atoms. The van der Waals surface area contributed by atoms with E-state index in [0.717, 1.165) is 37.5 Å². The highest BCUT2D eigenvalue weighted by molar-refractivity contribution is 7.17. The van der Waals surface area contributed by atoms with Crippen molar-refractivity contribution in [2.24, 2.45) is 11.8 Å². The number of anilines is 1. The van der Waals surface area contributed by atoms with E-state index in [2.05, 4.69) is 15.1 Å². The normalized spacial score (nSPS) is 31.9. The molecule has 3 rings (SSSR count). The zero-order valence-corrected chi connectivity index (χ0v) is 14.1. The fourth-order valence-corrected chi connectivity index (χ4v) is 4.49. The molecule has 7 heteroatoms. The third-order valence-electron chi connectivity index (χ3n) is 4.97. The Morgan fingerprint density at radius 3 is 2.45 bits per heavy atom. The first-order chi connectivity index (χ1) is 10.6. The van der Waals surface area contributed by atoms with Gasteiger partial charge in [-0.3, -0.25) is 4.79 Å². The summed E-state index contributed by atoms with van der Waals surface area (Å²) in [7, 11) is 3.54. The van der Waals surface area contributed by atoms with Crippen LogP contribution in [-0.4, -0.2) is 55.5 Å². The van der Waals surface area contributed by atoms with Gasteiger partial charge >= 0.3 is 0 Å². The van der Waals surface area contributed by atoms with E-state index in [9.17, 15) is 4.79 Å². The highest BCUT2D eigenvalue weighted by Crippen LogP contribution is 2.40. The van der Waals surface area contributed by atoms with E-state index >= 15 is 0 Å². The van der Waals surface area contributed by atoms with Crippen molar-refractivity contribution < 1.29 is 14.3 Å². The van der Waals surface area contributed by atoms with Crippen molar-refractivity contribution in [1.82, 2.24) is 10.2 Å². The molecule has 0 N–H and O–H groups in total. The average molecular weight is 325 g/mol. The molecule has 0 amide bonds. The molecule has 4 unspecified atom stereocenters. The fourth-order valence-electron chi connectivity index (χ4n) is 3.71. The maximum absolute atomic E-state index is 11.4. The van der Waals surface area contributed by atoms with Gasteiger partial charge in [-0.1, -0.05) is 11.3 Å². The molecule has 1 aromatic heterocycles. The van der Waals surface area contributed by atoms with E-state index in [-0.39, 0.29) is 18.0 Å². The molecule has 2 heterocycles. The molecule has 1 saturated carbocycles. The summed E-state index contributed by atoms with van der Waals surface area (Å²) in [6.07, 6.45) is 3.62. The summed E-state index contributed by atoms with van der Waals surface area (Å²) in [6, 6.07) is 0. The molecular weight excluding hydrogens is 302 g/mol. The van der Waals surface area contributed by atoms with E-state index < -0.39 is 0 Å². The maximum Gasteiger partial charge on any atom is 0.208 e. The number of hydrogen-bond acceptors (Lipinski definition) is 7. The van der Waals surface area contributed by atoms with Gasteiger partial charge in [-0.05, 0) is 31.1 Å². The first-order valence-corrected chi connectivity index (χ1v) is 8.59. The lowest BCUT2D eigenvalue weighted by Gasteiger charge is -2.45. The van der Waals surface area contributed by atoms with Gasteiger partial charge in [0, 0.05) is 34.2 Å². The summed E-state index contributed by atoms with van der Waals surface area (Å²) < 4.78 is 11.2. The van der Waals surface area contributed by atoms with Crippen LogP contribution >= 0.6 is 11.3 Å². The van der Waals surface area contributed by atoms with Crippen LogP contribution < -0.4 is 4.90 Å². The number of fused-ring (bicyclic) bond motifs is 1. The number of rotatable bonds is 4. The Bertz CT molecular complexity index is 536. The summed E-state index contributed by atoms with van der Waals surface area (Å²) in [5.74, 6) is 1.27. The SMILES string of the molecule is COC1CC2CCN(c3nnc(C(C)=O)s3)CC2CC1OC. The second kappa shape index (κ2) is 6.60. The van der Waals surface area contributed by atoms with Gasteiger partial charge < -0.3 is 14.4 Å². The van der Waals surface area contributed by atoms with Crippen molar-refractivity contribution in [1.29, 1.82) is 0 Å². The molecule has 1 aromatic rings. The summed E-state index contributed by atoms with van der Waals surface area (Å²) in [5.41, 5.74) is 0. The van der Waals surface area contributed by atoms with E-state index in [0.29, 0.717) is 16.8 Å². The van der Waals surface area contributed by atoms with E-state index in [1.165, 1.54) is 18.3 Å². The molecule has 2 aliphatic rings. The van der Waals surface area contributed by atoms with E-state index in [1.54, 1.807) is 14.2 Å². The number of hydrogen-bond donors (Lipinski definition) is 0. The van der Waals surface area contributed by atoms with Gasteiger partial charge in [-0.15, -0.1) is 10.2 Å². The fraction of sp³-hybridized carbons (Fsp3) is 0.800. The molecule has 2 fully saturated rings. The first kappa shape index (κ1) is 15.8. The molecular formula is C15H23N3O3S.